The Labute approximate surface area is 122 Å². The van der Waals surface area contributed by atoms with Crippen LogP contribution >= 0.6 is 0 Å². The summed E-state index contributed by atoms with van der Waals surface area (Å²) >= 11 is 0. The van der Waals surface area contributed by atoms with E-state index in [0.717, 1.165) is 18.2 Å². The number of rotatable bonds is 6. The van der Waals surface area contributed by atoms with Gasteiger partial charge in [0.2, 0.25) is 5.91 Å². The highest BCUT2D eigenvalue weighted by atomic mass is 19.1. The van der Waals surface area contributed by atoms with Crippen LogP contribution in [0.3, 0.4) is 0 Å². The second kappa shape index (κ2) is 8.89. The molecule has 1 aromatic rings. The van der Waals surface area contributed by atoms with E-state index in [4.69, 9.17) is 0 Å². The van der Waals surface area contributed by atoms with Crippen molar-refractivity contribution in [2.24, 2.45) is 4.99 Å². The molecule has 0 unspecified atom stereocenters. The van der Waals surface area contributed by atoms with Gasteiger partial charge in [0.15, 0.2) is 5.96 Å². The van der Waals surface area contributed by atoms with Gasteiger partial charge in [-0.1, -0.05) is 0 Å². The third-order valence-electron chi connectivity index (χ3n) is 2.55. The van der Waals surface area contributed by atoms with Crippen molar-refractivity contribution >= 4 is 11.9 Å². The van der Waals surface area contributed by atoms with Crippen LogP contribution in [0.25, 0.3) is 0 Å². The summed E-state index contributed by atoms with van der Waals surface area (Å²) in [4.78, 5) is 15.5. The number of nitrogens with one attached hydrogen (secondary N) is 3. The summed E-state index contributed by atoms with van der Waals surface area (Å²) in [5, 5.41) is 8.39. The zero-order valence-corrected chi connectivity index (χ0v) is 12.2. The van der Waals surface area contributed by atoms with E-state index in [1.54, 1.807) is 0 Å². The molecule has 0 saturated heterocycles. The highest BCUT2D eigenvalue weighted by molar-refractivity contribution is 5.86. The average Bonchev–Trinajstić information content (AvgIpc) is 2.45. The van der Waals surface area contributed by atoms with E-state index >= 15 is 0 Å². The maximum atomic E-state index is 13.5. The van der Waals surface area contributed by atoms with Crippen LogP contribution in [0.15, 0.2) is 23.2 Å². The monoisotopic (exact) mass is 298 g/mol. The number of likely N-dealkylation sites (N-methyl/N-ethyl adjacent to an activating group) is 1. The lowest BCUT2D eigenvalue weighted by molar-refractivity contribution is -0.119. The first-order valence-electron chi connectivity index (χ1n) is 6.79. The molecule has 0 radical (unpaired) electrons. The number of hydrogen-bond acceptors (Lipinski definition) is 2. The van der Waals surface area contributed by atoms with E-state index in [2.05, 4.69) is 20.9 Å². The average molecular weight is 298 g/mol. The Bertz CT molecular complexity index is 506. The Morgan fingerprint density at radius 1 is 1.14 bits per heavy atom. The van der Waals surface area contributed by atoms with Crippen molar-refractivity contribution in [3.63, 3.8) is 0 Å². The van der Waals surface area contributed by atoms with Crippen molar-refractivity contribution in [1.82, 2.24) is 16.0 Å². The smallest absolute Gasteiger partial charge is 0.239 e. The van der Waals surface area contributed by atoms with Crippen molar-refractivity contribution in [3.05, 3.63) is 35.4 Å². The van der Waals surface area contributed by atoms with E-state index < -0.39 is 11.6 Å². The third kappa shape index (κ3) is 6.20. The molecule has 1 rings (SSSR count). The van der Waals surface area contributed by atoms with E-state index in [0.29, 0.717) is 19.0 Å². The maximum Gasteiger partial charge on any atom is 0.239 e. The molecule has 0 aromatic heterocycles. The van der Waals surface area contributed by atoms with Crippen LogP contribution in [0.2, 0.25) is 0 Å². The molecule has 0 aliphatic carbocycles. The Hall–Kier alpha value is -2.18. The Morgan fingerprint density at radius 3 is 2.52 bits per heavy atom. The molecule has 1 aromatic carbocycles. The van der Waals surface area contributed by atoms with Gasteiger partial charge in [0, 0.05) is 18.7 Å². The fourth-order valence-corrected chi connectivity index (χ4v) is 1.59. The molecule has 5 nitrogen and oxygen atoms in total. The van der Waals surface area contributed by atoms with Crippen LogP contribution in [0.1, 0.15) is 19.4 Å². The molecular formula is C14H20F2N4O. The Kier molecular flexibility index (Phi) is 7.14. The number of carbonyl (C=O) groups excluding carboxylic acids is 1. The normalized spacial score (nSPS) is 11.1. The zero-order valence-electron chi connectivity index (χ0n) is 12.2. The molecule has 0 aliphatic rings. The summed E-state index contributed by atoms with van der Waals surface area (Å²) in [6.45, 7) is 4.87. The Morgan fingerprint density at radius 2 is 1.86 bits per heavy atom. The van der Waals surface area contributed by atoms with Gasteiger partial charge in [0.25, 0.3) is 0 Å². The zero-order chi connectivity index (χ0) is 15.7. The molecule has 116 valence electrons. The highest BCUT2D eigenvalue weighted by Gasteiger charge is 2.05. The van der Waals surface area contributed by atoms with Gasteiger partial charge >= 0.3 is 0 Å². The van der Waals surface area contributed by atoms with Gasteiger partial charge in [-0.2, -0.15) is 0 Å². The van der Waals surface area contributed by atoms with Crippen LogP contribution in [-0.4, -0.2) is 31.5 Å². The second-order valence-electron chi connectivity index (χ2n) is 4.24. The van der Waals surface area contributed by atoms with Crippen molar-refractivity contribution in [2.45, 2.75) is 20.4 Å². The number of benzene rings is 1. The number of halogens is 2. The molecule has 0 fully saturated rings. The van der Waals surface area contributed by atoms with Gasteiger partial charge in [-0.05, 0) is 32.0 Å². The predicted octanol–water partition coefficient (Wildman–Crippen LogP) is 1.16. The standard InChI is InChI=1S/C14H20F2N4O/c1-3-17-13(21)9-20-14(18-4-2)19-8-10-7-11(15)5-6-12(10)16/h5-7H,3-4,8-9H2,1-2H3,(H,17,21)(H2,18,19,20). The van der Waals surface area contributed by atoms with Crippen molar-refractivity contribution in [2.75, 3.05) is 19.6 Å². The molecule has 0 saturated carbocycles. The highest BCUT2D eigenvalue weighted by Crippen LogP contribution is 2.10. The summed E-state index contributed by atoms with van der Waals surface area (Å²) < 4.78 is 26.5. The molecule has 0 atom stereocenters. The number of hydrogen-bond donors (Lipinski definition) is 3. The maximum absolute atomic E-state index is 13.5. The third-order valence-corrected chi connectivity index (χ3v) is 2.55. The van der Waals surface area contributed by atoms with Gasteiger partial charge in [-0.3, -0.25) is 4.79 Å². The minimum absolute atomic E-state index is 0.0195. The fraction of sp³-hybridized carbons (Fsp3) is 0.429. The van der Waals surface area contributed by atoms with Crippen LogP contribution in [0.4, 0.5) is 8.78 Å². The topological polar surface area (TPSA) is 65.5 Å². The van der Waals surface area contributed by atoms with Crippen LogP contribution < -0.4 is 16.0 Å². The molecule has 0 spiro atoms. The Balaban J connectivity index is 2.66. The molecule has 3 N–H and O–H groups in total. The minimum atomic E-state index is -0.514. The van der Waals surface area contributed by atoms with E-state index in [9.17, 15) is 13.6 Å². The number of guanidine groups is 1. The van der Waals surface area contributed by atoms with Gasteiger partial charge in [-0.25, -0.2) is 13.8 Å². The first kappa shape index (κ1) is 16.9. The van der Waals surface area contributed by atoms with Gasteiger partial charge in [0.1, 0.15) is 11.6 Å². The molecule has 0 aliphatic heterocycles. The molecule has 1 amide bonds. The number of carbonyl (C=O) groups is 1. The lowest BCUT2D eigenvalue weighted by Crippen LogP contribution is -2.43. The van der Waals surface area contributed by atoms with E-state index in [-0.39, 0.29) is 24.6 Å². The van der Waals surface area contributed by atoms with Crippen LogP contribution in [0.5, 0.6) is 0 Å². The van der Waals surface area contributed by atoms with Crippen molar-refractivity contribution < 1.29 is 13.6 Å². The first-order valence-corrected chi connectivity index (χ1v) is 6.79. The lowest BCUT2D eigenvalue weighted by atomic mass is 10.2. The molecule has 21 heavy (non-hydrogen) atoms. The molecule has 7 heteroatoms. The van der Waals surface area contributed by atoms with Crippen molar-refractivity contribution in [1.29, 1.82) is 0 Å². The van der Waals surface area contributed by atoms with E-state index in [1.165, 1.54) is 0 Å². The second-order valence-corrected chi connectivity index (χ2v) is 4.24. The number of nitrogens with zero attached hydrogens (tertiary/aromatic N) is 1. The molecule has 0 heterocycles. The van der Waals surface area contributed by atoms with Gasteiger partial charge in [0.05, 0.1) is 13.1 Å². The van der Waals surface area contributed by atoms with Crippen LogP contribution in [0, 0.1) is 11.6 Å². The summed E-state index contributed by atoms with van der Waals surface area (Å²) in [5.41, 5.74) is 0.158. The quantitative estimate of drug-likeness (QED) is 0.545. The lowest BCUT2D eigenvalue weighted by Gasteiger charge is -2.11. The summed E-state index contributed by atoms with van der Waals surface area (Å²) in [6.07, 6.45) is 0. The summed E-state index contributed by atoms with van der Waals surface area (Å²) in [7, 11) is 0. The van der Waals surface area contributed by atoms with Crippen LogP contribution in [-0.2, 0) is 11.3 Å². The van der Waals surface area contributed by atoms with Gasteiger partial charge < -0.3 is 16.0 Å². The largest absolute Gasteiger partial charge is 0.357 e. The SMILES string of the molecule is CCNC(=O)CNC(=NCc1cc(F)ccc1F)NCC. The first-order chi connectivity index (χ1) is 10.1. The minimum Gasteiger partial charge on any atom is -0.357 e. The summed E-state index contributed by atoms with van der Waals surface area (Å²) in [6, 6.07) is 3.22. The summed E-state index contributed by atoms with van der Waals surface area (Å²) in [5.74, 6) is -0.825. The number of aliphatic imine (C=N–C) groups is 1. The molecular weight excluding hydrogens is 278 g/mol. The number of amides is 1. The van der Waals surface area contributed by atoms with Gasteiger partial charge in [-0.15, -0.1) is 0 Å². The predicted molar refractivity (Wildman–Crippen MR) is 77.9 cm³/mol. The fourth-order valence-electron chi connectivity index (χ4n) is 1.59. The van der Waals surface area contributed by atoms with E-state index in [1.807, 2.05) is 13.8 Å². The molecule has 0 bridgehead atoms. The van der Waals surface area contributed by atoms with Crippen molar-refractivity contribution in [3.8, 4) is 0 Å².